The fourth-order valence-electron chi connectivity index (χ4n) is 2.28. The number of hydrogen-bond donors (Lipinski definition) is 3. The van der Waals surface area contributed by atoms with Gasteiger partial charge in [-0.25, -0.2) is 0 Å². The second-order valence-corrected chi connectivity index (χ2v) is 5.64. The van der Waals surface area contributed by atoms with Gasteiger partial charge in [-0.15, -0.1) is 0 Å². The SMILES string of the molecule is CCCCCCCCCCC(N)(CCC(=O)O)C(N)=O. The normalized spacial score (nSPS) is 13.9. The summed E-state index contributed by atoms with van der Waals surface area (Å²) in [6, 6.07) is 0. The molecule has 0 bridgehead atoms. The highest BCUT2D eigenvalue weighted by molar-refractivity contribution is 5.85. The maximum atomic E-state index is 11.4. The maximum Gasteiger partial charge on any atom is 0.303 e. The molecule has 0 aliphatic heterocycles. The highest BCUT2D eigenvalue weighted by Gasteiger charge is 2.31. The predicted octanol–water partition coefficient (Wildman–Crippen LogP) is 2.56. The second-order valence-electron chi connectivity index (χ2n) is 5.64. The first-order valence-corrected chi connectivity index (χ1v) is 7.73. The van der Waals surface area contributed by atoms with Crippen molar-refractivity contribution < 1.29 is 14.7 Å². The molecule has 0 spiro atoms. The molecule has 0 heterocycles. The Morgan fingerprint density at radius 3 is 1.90 bits per heavy atom. The number of carboxylic acids is 1. The van der Waals surface area contributed by atoms with E-state index in [1.165, 1.54) is 32.1 Å². The van der Waals surface area contributed by atoms with Crippen molar-refractivity contribution in [2.75, 3.05) is 0 Å². The van der Waals surface area contributed by atoms with Crippen LogP contribution in [0.15, 0.2) is 0 Å². The van der Waals surface area contributed by atoms with Gasteiger partial charge in [0.2, 0.25) is 5.91 Å². The van der Waals surface area contributed by atoms with Crippen LogP contribution in [0, 0.1) is 0 Å². The van der Waals surface area contributed by atoms with Crippen LogP contribution in [0.25, 0.3) is 0 Å². The first-order valence-electron chi connectivity index (χ1n) is 7.73. The topological polar surface area (TPSA) is 106 Å². The van der Waals surface area contributed by atoms with Gasteiger partial charge in [0.1, 0.15) is 0 Å². The number of rotatable bonds is 13. The molecular formula is C15H30N2O3. The van der Waals surface area contributed by atoms with Crippen LogP contribution in [-0.2, 0) is 9.59 Å². The number of aliphatic carboxylic acids is 1. The fourth-order valence-corrected chi connectivity index (χ4v) is 2.28. The van der Waals surface area contributed by atoms with Gasteiger partial charge < -0.3 is 16.6 Å². The Hall–Kier alpha value is -1.10. The van der Waals surface area contributed by atoms with Gasteiger partial charge in [0, 0.05) is 6.42 Å². The molecule has 0 aromatic rings. The first kappa shape index (κ1) is 18.9. The number of carbonyl (C=O) groups excluding carboxylic acids is 1. The van der Waals surface area contributed by atoms with Crippen LogP contribution in [-0.4, -0.2) is 22.5 Å². The Bertz CT molecular complexity index is 295. The molecule has 0 aromatic carbocycles. The summed E-state index contributed by atoms with van der Waals surface area (Å²) in [7, 11) is 0. The Morgan fingerprint density at radius 2 is 1.45 bits per heavy atom. The quantitative estimate of drug-likeness (QED) is 0.452. The minimum Gasteiger partial charge on any atom is -0.481 e. The molecule has 1 atom stereocenters. The molecule has 1 amide bonds. The summed E-state index contributed by atoms with van der Waals surface area (Å²) in [4.78, 5) is 21.9. The van der Waals surface area contributed by atoms with Gasteiger partial charge in [0.15, 0.2) is 0 Å². The molecule has 0 aliphatic rings. The first-order chi connectivity index (χ1) is 9.42. The molecule has 20 heavy (non-hydrogen) atoms. The van der Waals surface area contributed by atoms with Crippen LogP contribution in [0.3, 0.4) is 0 Å². The van der Waals surface area contributed by atoms with Crippen molar-refractivity contribution in [3.05, 3.63) is 0 Å². The smallest absolute Gasteiger partial charge is 0.303 e. The summed E-state index contributed by atoms with van der Waals surface area (Å²) >= 11 is 0. The number of primary amides is 1. The molecule has 0 rings (SSSR count). The summed E-state index contributed by atoms with van der Waals surface area (Å²) < 4.78 is 0. The molecule has 0 aliphatic carbocycles. The lowest BCUT2D eigenvalue weighted by molar-refractivity contribution is -0.137. The number of amides is 1. The summed E-state index contributed by atoms with van der Waals surface area (Å²) in [5, 5.41) is 8.66. The lowest BCUT2D eigenvalue weighted by atomic mass is 9.87. The summed E-state index contributed by atoms with van der Waals surface area (Å²) in [6.07, 6.45) is 9.77. The van der Waals surface area contributed by atoms with E-state index < -0.39 is 17.4 Å². The standard InChI is InChI=1S/C15H30N2O3/c1-2-3-4-5-6-7-8-9-11-15(17,14(16)20)12-10-13(18)19/h2-12,17H2,1H3,(H2,16,20)(H,18,19). The zero-order valence-electron chi connectivity index (χ0n) is 12.7. The van der Waals surface area contributed by atoms with Crippen molar-refractivity contribution in [2.45, 2.75) is 83.1 Å². The van der Waals surface area contributed by atoms with Gasteiger partial charge in [-0.05, 0) is 12.8 Å². The maximum absolute atomic E-state index is 11.4. The van der Waals surface area contributed by atoms with E-state index in [1.54, 1.807) is 0 Å². The molecule has 0 saturated carbocycles. The summed E-state index contributed by atoms with van der Waals surface area (Å²) in [5.41, 5.74) is 10.1. The molecule has 5 heteroatoms. The van der Waals surface area contributed by atoms with Gasteiger partial charge in [-0.2, -0.15) is 0 Å². The minimum atomic E-state index is -1.17. The van der Waals surface area contributed by atoms with Crippen molar-refractivity contribution in [2.24, 2.45) is 11.5 Å². The van der Waals surface area contributed by atoms with Crippen molar-refractivity contribution in [3.63, 3.8) is 0 Å². The molecule has 0 radical (unpaired) electrons. The third kappa shape index (κ3) is 8.91. The highest BCUT2D eigenvalue weighted by atomic mass is 16.4. The van der Waals surface area contributed by atoms with E-state index >= 15 is 0 Å². The second kappa shape index (κ2) is 10.7. The van der Waals surface area contributed by atoms with Crippen molar-refractivity contribution in [1.29, 1.82) is 0 Å². The van der Waals surface area contributed by atoms with Crippen LogP contribution in [0.2, 0.25) is 0 Å². The largest absolute Gasteiger partial charge is 0.481 e. The number of carboxylic acid groups (broad SMARTS) is 1. The molecule has 0 saturated heterocycles. The summed E-state index contributed by atoms with van der Waals surface area (Å²) in [5.74, 6) is -1.54. The van der Waals surface area contributed by atoms with Crippen LogP contribution in [0.1, 0.15) is 77.6 Å². The molecule has 5 nitrogen and oxygen atoms in total. The zero-order chi connectivity index (χ0) is 15.4. The summed E-state index contributed by atoms with van der Waals surface area (Å²) in [6.45, 7) is 2.20. The lowest BCUT2D eigenvalue weighted by Crippen LogP contribution is -2.52. The Labute approximate surface area is 122 Å². The number of hydrogen-bond acceptors (Lipinski definition) is 3. The van der Waals surface area contributed by atoms with Gasteiger partial charge in [-0.1, -0.05) is 58.3 Å². The fraction of sp³-hybridized carbons (Fsp3) is 0.867. The molecule has 0 aromatic heterocycles. The van der Waals surface area contributed by atoms with Gasteiger partial charge in [0.25, 0.3) is 0 Å². The van der Waals surface area contributed by atoms with Crippen molar-refractivity contribution in [3.8, 4) is 0 Å². The van der Waals surface area contributed by atoms with Gasteiger partial charge >= 0.3 is 5.97 Å². The van der Waals surface area contributed by atoms with E-state index in [0.717, 1.165) is 19.3 Å². The highest BCUT2D eigenvalue weighted by Crippen LogP contribution is 2.19. The predicted molar refractivity (Wildman–Crippen MR) is 80.2 cm³/mol. The van der Waals surface area contributed by atoms with Gasteiger partial charge in [0.05, 0.1) is 5.54 Å². The van der Waals surface area contributed by atoms with E-state index in [9.17, 15) is 9.59 Å². The van der Waals surface area contributed by atoms with Crippen LogP contribution in [0.5, 0.6) is 0 Å². The number of nitrogens with two attached hydrogens (primary N) is 2. The molecular weight excluding hydrogens is 256 g/mol. The third-order valence-corrected chi connectivity index (χ3v) is 3.75. The van der Waals surface area contributed by atoms with Crippen molar-refractivity contribution >= 4 is 11.9 Å². The minimum absolute atomic E-state index is 0.115. The third-order valence-electron chi connectivity index (χ3n) is 3.75. The molecule has 118 valence electrons. The van der Waals surface area contributed by atoms with Gasteiger partial charge in [-0.3, -0.25) is 9.59 Å². The van der Waals surface area contributed by atoms with Crippen LogP contribution >= 0.6 is 0 Å². The lowest BCUT2D eigenvalue weighted by Gasteiger charge is -2.25. The zero-order valence-corrected chi connectivity index (χ0v) is 12.7. The molecule has 5 N–H and O–H groups in total. The Kier molecular flexibility index (Phi) is 10.1. The van der Waals surface area contributed by atoms with E-state index in [-0.39, 0.29) is 12.8 Å². The Balaban J connectivity index is 3.81. The number of unbranched alkanes of at least 4 members (excludes halogenated alkanes) is 7. The average molecular weight is 286 g/mol. The Morgan fingerprint density at radius 1 is 0.950 bits per heavy atom. The molecule has 0 fully saturated rings. The van der Waals surface area contributed by atoms with E-state index in [4.69, 9.17) is 16.6 Å². The van der Waals surface area contributed by atoms with E-state index in [1.807, 2.05) is 0 Å². The van der Waals surface area contributed by atoms with E-state index in [2.05, 4.69) is 6.92 Å². The average Bonchev–Trinajstić information content (AvgIpc) is 2.39. The monoisotopic (exact) mass is 286 g/mol. The van der Waals surface area contributed by atoms with Crippen LogP contribution < -0.4 is 11.5 Å². The van der Waals surface area contributed by atoms with E-state index in [0.29, 0.717) is 6.42 Å². The molecule has 1 unspecified atom stereocenters. The van der Waals surface area contributed by atoms with Crippen molar-refractivity contribution in [1.82, 2.24) is 0 Å². The number of carbonyl (C=O) groups is 2. The van der Waals surface area contributed by atoms with Crippen LogP contribution in [0.4, 0.5) is 0 Å².